The Kier molecular flexibility index (Phi) is 18.6. The van der Waals surface area contributed by atoms with Gasteiger partial charge in [0.15, 0.2) is 0 Å². The molecule has 3 nitrogen and oxygen atoms in total. The first-order chi connectivity index (χ1) is 61.8. The second kappa shape index (κ2) is 30.1. The van der Waals surface area contributed by atoms with E-state index in [2.05, 4.69) is 394 Å². The van der Waals surface area contributed by atoms with Gasteiger partial charge in [0.1, 0.15) is 22.3 Å². The second-order valence-electron chi connectivity index (χ2n) is 37.9. The lowest BCUT2D eigenvalue weighted by Crippen LogP contribution is -2.30. The van der Waals surface area contributed by atoms with Gasteiger partial charge in [-0.25, -0.2) is 0 Å². The number of furan rings is 2. The van der Waals surface area contributed by atoms with Crippen LogP contribution in [0.2, 0.25) is 0 Å². The molecule has 616 valence electrons. The van der Waals surface area contributed by atoms with E-state index in [1.165, 1.54) is 238 Å². The third kappa shape index (κ3) is 11.3. The maximum absolute atomic E-state index is 7.39. The van der Waals surface area contributed by atoms with Crippen LogP contribution < -0.4 is 4.90 Å². The van der Waals surface area contributed by atoms with Crippen molar-refractivity contribution in [1.29, 1.82) is 0 Å². The molecule has 0 N–H and O–H groups in total. The van der Waals surface area contributed by atoms with E-state index in [0.29, 0.717) is 0 Å². The van der Waals surface area contributed by atoms with Crippen molar-refractivity contribution in [1.82, 2.24) is 0 Å². The van der Waals surface area contributed by atoms with Crippen molar-refractivity contribution in [3.8, 4) is 77.9 Å². The normalized spacial score (nSPS) is 15.0. The van der Waals surface area contributed by atoms with Gasteiger partial charge in [0, 0.05) is 60.4 Å². The molecule has 0 unspecified atom stereocenters. The number of para-hydroxylation sites is 2. The van der Waals surface area contributed by atoms with Crippen LogP contribution in [-0.4, -0.2) is 0 Å². The molecule has 0 amide bonds. The summed E-state index contributed by atoms with van der Waals surface area (Å²) in [5.74, 6) is 0. The zero-order valence-corrected chi connectivity index (χ0v) is 73.9. The summed E-state index contributed by atoms with van der Waals surface area (Å²) in [6, 6.07) is 129. The molecule has 5 aliphatic rings. The quantitative estimate of drug-likeness (QED) is 0.0598. The molecule has 18 aromatic rings. The Balaban J connectivity index is 0.735. The molecule has 0 aliphatic heterocycles. The van der Waals surface area contributed by atoms with E-state index in [1.807, 2.05) is 0 Å². The number of hydrogen-bond acceptors (Lipinski definition) is 3. The summed E-state index contributed by atoms with van der Waals surface area (Å²) >= 11 is 0. The third-order valence-corrected chi connectivity index (χ3v) is 30.7. The summed E-state index contributed by atoms with van der Waals surface area (Å²) in [7, 11) is 0. The van der Waals surface area contributed by atoms with Gasteiger partial charge in [0.05, 0.1) is 10.8 Å². The summed E-state index contributed by atoms with van der Waals surface area (Å²) in [5, 5.41) is 4.63. The first-order valence-electron chi connectivity index (χ1n) is 46.9. The van der Waals surface area contributed by atoms with Crippen LogP contribution in [0.15, 0.2) is 342 Å². The molecule has 0 saturated heterocycles. The molecule has 3 heteroatoms. The molecule has 16 aromatic carbocycles. The summed E-state index contributed by atoms with van der Waals surface area (Å²) in [5.41, 5.74) is 43.8. The predicted molar refractivity (Wildman–Crippen MR) is 528 cm³/mol. The molecule has 126 heavy (non-hydrogen) atoms. The van der Waals surface area contributed by atoms with Crippen LogP contribution in [0.5, 0.6) is 0 Å². The van der Waals surface area contributed by atoms with Crippen molar-refractivity contribution in [2.45, 2.75) is 172 Å². The van der Waals surface area contributed by atoms with Gasteiger partial charge in [-0.05, 0) is 266 Å². The molecule has 0 radical (unpaired) electrons. The SMILES string of the molecule is CCCCCCCC1(CCCCCCC)c2ccccc2-c2ccc(-c3ccc4c(c3)C(C)(C)c3cc(N(c5ccc(-c6c(CC)c7c(c8c6oc6ccccc68)-c6ccccc6C7(C)C)c(CC)c5)c5ccc6c(c5)C(c5ccccc5)(c5ccccc5)c5cc7c(cc5-6)C(c5ccccc5)(c5ccccc5)c5ccc6oc8ccccc8c6c5-7)ccc3-4)cc21. The third-order valence-electron chi connectivity index (χ3n) is 30.7. The monoisotopic (exact) mass is 1630 g/mol. The molecular weight excluding hydrogens is 1520 g/mol. The van der Waals surface area contributed by atoms with Crippen LogP contribution in [0.25, 0.3) is 122 Å². The van der Waals surface area contributed by atoms with Gasteiger partial charge in [-0.15, -0.1) is 0 Å². The molecule has 2 heterocycles. The number of aryl methyl sites for hydroxylation is 1. The van der Waals surface area contributed by atoms with Gasteiger partial charge in [-0.2, -0.15) is 0 Å². The predicted octanol–water partition coefficient (Wildman–Crippen LogP) is 33.7. The first-order valence-corrected chi connectivity index (χ1v) is 46.9. The number of anilines is 3. The lowest BCUT2D eigenvalue weighted by atomic mass is 9.66. The van der Waals surface area contributed by atoms with Gasteiger partial charge >= 0.3 is 0 Å². The Labute approximate surface area is 742 Å². The minimum Gasteiger partial charge on any atom is -0.456 e. The molecule has 5 aliphatic carbocycles. The number of nitrogens with zero attached hydrogens (tertiary/aromatic N) is 1. The first kappa shape index (κ1) is 77.7. The van der Waals surface area contributed by atoms with Gasteiger partial charge in [-0.3, -0.25) is 0 Å². The van der Waals surface area contributed by atoms with E-state index in [1.54, 1.807) is 11.1 Å². The molecule has 0 atom stereocenters. The fourth-order valence-corrected chi connectivity index (χ4v) is 25.0. The van der Waals surface area contributed by atoms with Gasteiger partial charge < -0.3 is 13.7 Å². The van der Waals surface area contributed by atoms with E-state index < -0.39 is 10.8 Å². The van der Waals surface area contributed by atoms with Crippen molar-refractivity contribution in [2.75, 3.05) is 4.90 Å². The number of hydrogen-bond donors (Lipinski definition) is 0. The molecule has 0 fully saturated rings. The number of rotatable bonds is 23. The lowest BCUT2D eigenvalue weighted by Gasteiger charge is -2.36. The largest absolute Gasteiger partial charge is 0.456 e. The Morgan fingerprint density at radius 3 is 1.31 bits per heavy atom. The Bertz CT molecular complexity index is 7300. The summed E-state index contributed by atoms with van der Waals surface area (Å²) in [6.07, 6.45) is 16.8. The smallest absolute Gasteiger partial charge is 0.144 e. The molecule has 0 spiro atoms. The lowest BCUT2D eigenvalue weighted by molar-refractivity contribution is 0.399. The number of benzene rings is 16. The highest BCUT2D eigenvalue weighted by Gasteiger charge is 2.54. The molecule has 0 bridgehead atoms. The molecular formula is C123H107NO2. The zero-order chi connectivity index (χ0) is 85.0. The van der Waals surface area contributed by atoms with Crippen molar-refractivity contribution >= 4 is 60.9 Å². The molecule has 2 aromatic heterocycles. The van der Waals surface area contributed by atoms with Crippen LogP contribution in [-0.2, 0) is 39.9 Å². The zero-order valence-electron chi connectivity index (χ0n) is 73.9. The van der Waals surface area contributed by atoms with E-state index in [9.17, 15) is 0 Å². The summed E-state index contributed by atoms with van der Waals surface area (Å²) < 4.78 is 14.3. The van der Waals surface area contributed by atoms with Gasteiger partial charge in [-0.1, -0.05) is 374 Å². The average Bonchev–Trinajstić information content (AvgIpc) is 1.50. The highest BCUT2D eigenvalue weighted by atomic mass is 16.3. The maximum Gasteiger partial charge on any atom is 0.144 e. The average molecular weight is 1630 g/mol. The minimum atomic E-state index is -0.818. The molecule has 23 rings (SSSR count). The van der Waals surface area contributed by atoms with E-state index in [0.717, 1.165) is 68.4 Å². The van der Waals surface area contributed by atoms with Crippen molar-refractivity contribution in [3.63, 3.8) is 0 Å². The maximum atomic E-state index is 7.39. The summed E-state index contributed by atoms with van der Waals surface area (Å²) in [6.45, 7) is 19.3. The van der Waals surface area contributed by atoms with Crippen molar-refractivity contribution in [3.05, 3.63) is 423 Å². The highest BCUT2D eigenvalue weighted by molar-refractivity contribution is 6.20. The fourth-order valence-electron chi connectivity index (χ4n) is 25.0. The Morgan fingerprint density at radius 1 is 0.270 bits per heavy atom. The fraction of sp³-hybridized carbons (Fsp3) is 0.220. The van der Waals surface area contributed by atoms with Gasteiger partial charge in [0.25, 0.3) is 0 Å². The number of unbranched alkanes of at least 4 members (excludes halogenated alkanes) is 8. The van der Waals surface area contributed by atoms with Crippen molar-refractivity contribution < 1.29 is 8.83 Å². The number of fused-ring (bicyclic) bond motifs is 23. The van der Waals surface area contributed by atoms with E-state index in [4.69, 9.17) is 8.83 Å². The highest BCUT2D eigenvalue weighted by Crippen LogP contribution is 2.67. The van der Waals surface area contributed by atoms with Gasteiger partial charge in [0.2, 0.25) is 0 Å². The van der Waals surface area contributed by atoms with Crippen LogP contribution in [0.1, 0.15) is 221 Å². The Hall–Kier alpha value is -13.1. The van der Waals surface area contributed by atoms with E-state index >= 15 is 0 Å². The second-order valence-corrected chi connectivity index (χ2v) is 37.9. The summed E-state index contributed by atoms with van der Waals surface area (Å²) in [4.78, 5) is 2.62. The molecule has 0 saturated carbocycles. The van der Waals surface area contributed by atoms with E-state index in [-0.39, 0.29) is 16.2 Å². The Morgan fingerprint density at radius 2 is 0.714 bits per heavy atom. The minimum absolute atomic E-state index is 0.0126. The van der Waals surface area contributed by atoms with Crippen LogP contribution in [0, 0.1) is 0 Å². The standard InChI is InChI=1S/C123H107NO2/c1-9-13-15-17-39-69-121(70-40-18-16-14-10-2)101-54-36-31-49-90(101)93-63-58-80(73-105(93)121)79-57-62-91-92-65-60-86(74-104(92)119(5,6)103(91)72-79)124(85-59-64-89(78(11-3)71-85)112-88(12-4)117-115(95-50-32-35-53-100(95)120(117,7)8)116-97-52-34-38-56-110(97)126-118(112)116)87-61-66-94-98-76-108-99(77-107(98)123(106(94)75-87,83-45-27-21-28-46-83)84-47-29-22-30-48-84)113-102(67-68-111-114(113)96-51-33-37-55-109(96)125-111)122(108,81-41-23-19-24-42-81)82-43-25-20-26-44-82/h19-38,41-68,71-77H,9-18,39-40,69-70H2,1-8H3. The van der Waals surface area contributed by atoms with Crippen LogP contribution in [0.4, 0.5) is 17.1 Å². The van der Waals surface area contributed by atoms with Crippen LogP contribution in [0.3, 0.4) is 0 Å². The topological polar surface area (TPSA) is 29.5 Å². The van der Waals surface area contributed by atoms with Crippen LogP contribution >= 0.6 is 0 Å². The van der Waals surface area contributed by atoms with Crippen molar-refractivity contribution in [2.24, 2.45) is 0 Å².